The number of halogens is 1. The molecule has 0 atom stereocenters. The van der Waals surface area contributed by atoms with E-state index in [1.54, 1.807) is 54.6 Å². The SMILES string of the molecule is CCc1cccc(OCC(=O)Oc2ccc(C(=O)Nc3ccc(Cl)cc3)cc2)c1. The second kappa shape index (κ2) is 9.75. The van der Waals surface area contributed by atoms with Crippen molar-refractivity contribution in [2.45, 2.75) is 13.3 Å². The zero-order chi connectivity index (χ0) is 20.6. The Morgan fingerprint density at radius 2 is 1.66 bits per heavy atom. The molecule has 3 aromatic rings. The third-order valence-corrected chi connectivity index (χ3v) is 4.37. The number of hydrogen-bond donors (Lipinski definition) is 1. The Labute approximate surface area is 174 Å². The number of aryl methyl sites for hydroxylation is 1. The molecule has 29 heavy (non-hydrogen) atoms. The van der Waals surface area contributed by atoms with Crippen LogP contribution in [0.3, 0.4) is 0 Å². The van der Waals surface area contributed by atoms with E-state index < -0.39 is 5.97 Å². The Hall–Kier alpha value is -3.31. The number of carbonyl (C=O) groups excluding carboxylic acids is 2. The van der Waals surface area contributed by atoms with Crippen LogP contribution in [-0.4, -0.2) is 18.5 Å². The molecule has 1 N–H and O–H groups in total. The molecule has 1 amide bonds. The highest BCUT2D eigenvalue weighted by Crippen LogP contribution is 2.17. The van der Waals surface area contributed by atoms with E-state index in [0.29, 0.717) is 27.8 Å². The average molecular weight is 410 g/mol. The quantitative estimate of drug-likeness (QED) is 0.433. The van der Waals surface area contributed by atoms with Crippen LogP contribution in [-0.2, 0) is 11.2 Å². The summed E-state index contributed by atoms with van der Waals surface area (Å²) in [5.74, 6) is 0.161. The summed E-state index contributed by atoms with van der Waals surface area (Å²) in [6, 6.07) is 20.7. The van der Waals surface area contributed by atoms with Gasteiger partial charge in [-0.25, -0.2) is 4.79 Å². The lowest BCUT2D eigenvalue weighted by molar-refractivity contribution is -0.136. The van der Waals surface area contributed by atoms with E-state index in [9.17, 15) is 9.59 Å². The van der Waals surface area contributed by atoms with Crippen LogP contribution >= 0.6 is 11.6 Å². The number of ether oxygens (including phenoxy) is 2. The minimum absolute atomic E-state index is 0.202. The lowest BCUT2D eigenvalue weighted by Gasteiger charge is -2.09. The van der Waals surface area contributed by atoms with Crippen LogP contribution in [0.25, 0.3) is 0 Å². The minimum Gasteiger partial charge on any atom is -0.482 e. The molecular weight excluding hydrogens is 390 g/mol. The van der Waals surface area contributed by atoms with Crippen molar-refractivity contribution in [2.24, 2.45) is 0 Å². The topological polar surface area (TPSA) is 64.6 Å². The molecule has 0 aromatic heterocycles. The average Bonchev–Trinajstić information content (AvgIpc) is 2.74. The van der Waals surface area contributed by atoms with E-state index in [1.807, 2.05) is 25.1 Å². The van der Waals surface area contributed by atoms with Gasteiger partial charge in [0, 0.05) is 16.3 Å². The van der Waals surface area contributed by atoms with Crippen molar-refractivity contribution in [3.05, 3.63) is 88.9 Å². The molecule has 0 heterocycles. The Morgan fingerprint density at radius 1 is 0.931 bits per heavy atom. The van der Waals surface area contributed by atoms with Gasteiger partial charge in [0.15, 0.2) is 6.61 Å². The third kappa shape index (κ3) is 6.09. The molecule has 0 aliphatic heterocycles. The van der Waals surface area contributed by atoms with E-state index in [2.05, 4.69) is 5.32 Å². The van der Waals surface area contributed by atoms with Gasteiger partial charge in [0.05, 0.1) is 0 Å². The maximum atomic E-state index is 12.3. The van der Waals surface area contributed by atoms with E-state index in [-0.39, 0.29) is 12.5 Å². The number of esters is 1. The van der Waals surface area contributed by atoms with Crippen molar-refractivity contribution in [1.29, 1.82) is 0 Å². The predicted octanol–water partition coefficient (Wildman–Crippen LogP) is 5.14. The van der Waals surface area contributed by atoms with Crippen molar-refractivity contribution in [3.63, 3.8) is 0 Å². The van der Waals surface area contributed by atoms with Gasteiger partial charge in [-0.1, -0.05) is 30.7 Å². The first-order valence-electron chi connectivity index (χ1n) is 9.13. The van der Waals surface area contributed by atoms with Crippen molar-refractivity contribution in [1.82, 2.24) is 0 Å². The van der Waals surface area contributed by atoms with Gasteiger partial charge in [0.25, 0.3) is 5.91 Å². The predicted molar refractivity (Wildman–Crippen MR) is 113 cm³/mol. The van der Waals surface area contributed by atoms with Crippen LogP contribution in [0.5, 0.6) is 11.5 Å². The van der Waals surface area contributed by atoms with Crippen molar-refractivity contribution >= 4 is 29.2 Å². The van der Waals surface area contributed by atoms with E-state index in [1.165, 1.54) is 0 Å². The first-order valence-corrected chi connectivity index (χ1v) is 9.50. The Morgan fingerprint density at radius 3 is 2.34 bits per heavy atom. The minimum atomic E-state index is -0.523. The second-order valence-corrected chi connectivity index (χ2v) is 6.69. The molecule has 0 bridgehead atoms. The number of hydrogen-bond acceptors (Lipinski definition) is 4. The summed E-state index contributed by atoms with van der Waals surface area (Å²) in [5.41, 5.74) is 2.20. The van der Waals surface area contributed by atoms with Crippen LogP contribution in [0.2, 0.25) is 5.02 Å². The van der Waals surface area contributed by atoms with Crippen LogP contribution in [0.4, 0.5) is 5.69 Å². The van der Waals surface area contributed by atoms with Crippen LogP contribution in [0.15, 0.2) is 72.8 Å². The summed E-state index contributed by atoms with van der Waals surface area (Å²) in [5, 5.41) is 3.36. The standard InChI is InChI=1S/C23H20ClNO4/c1-2-16-4-3-5-21(14-16)28-15-22(26)29-20-12-6-17(7-13-20)23(27)25-19-10-8-18(24)9-11-19/h3-14H,2,15H2,1H3,(H,25,27). The van der Waals surface area contributed by atoms with E-state index in [4.69, 9.17) is 21.1 Å². The summed E-state index contributed by atoms with van der Waals surface area (Å²) in [7, 11) is 0. The van der Waals surface area contributed by atoms with E-state index >= 15 is 0 Å². The summed E-state index contributed by atoms with van der Waals surface area (Å²) >= 11 is 5.83. The number of nitrogens with one attached hydrogen (secondary N) is 1. The molecule has 0 saturated heterocycles. The molecule has 0 fully saturated rings. The molecule has 6 heteroatoms. The maximum Gasteiger partial charge on any atom is 0.349 e. The zero-order valence-electron chi connectivity index (χ0n) is 15.9. The molecule has 0 unspecified atom stereocenters. The van der Waals surface area contributed by atoms with Crippen LogP contribution < -0.4 is 14.8 Å². The Bertz CT molecular complexity index is 985. The molecular formula is C23H20ClNO4. The molecule has 0 spiro atoms. The second-order valence-electron chi connectivity index (χ2n) is 6.25. The lowest BCUT2D eigenvalue weighted by atomic mass is 10.2. The molecule has 5 nitrogen and oxygen atoms in total. The molecule has 0 aliphatic carbocycles. The summed E-state index contributed by atoms with van der Waals surface area (Å²) < 4.78 is 10.7. The van der Waals surface area contributed by atoms with Crippen molar-refractivity contribution < 1.29 is 19.1 Å². The molecule has 3 rings (SSSR count). The Kier molecular flexibility index (Phi) is 6.87. The largest absolute Gasteiger partial charge is 0.482 e. The maximum absolute atomic E-state index is 12.3. The first kappa shape index (κ1) is 20.4. The number of carbonyl (C=O) groups is 2. The molecule has 0 radical (unpaired) electrons. The van der Waals surface area contributed by atoms with Crippen molar-refractivity contribution in [2.75, 3.05) is 11.9 Å². The highest BCUT2D eigenvalue weighted by Gasteiger charge is 2.09. The third-order valence-electron chi connectivity index (χ3n) is 4.11. The molecule has 0 aliphatic rings. The highest BCUT2D eigenvalue weighted by atomic mass is 35.5. The summed E-state index contributed by atoms with van der Waals surface area (Å²) in [6.45, 7) is 1.85. The van der Waals surface area contributed by atoms with Gasteiger partial charge < -0.3 is 14.8 Å². The number of benzene rings is 3. The highest BCUT2D eigenvalue weighted by molar-refractivity contribution is 6.30. The van der Waals surface area contributed by atoms with Gasteiger partial charge in [-0.3, -0.25) is 4.79 Å². The number of rotatable bonds is 7. The normalized spacial score (nSPS) is 10.3. The van der Waals surface area contributed by atoms with Crippen LogP contribution in [0, 0.1) is 0 Å². The fourth-order valence-electron chi connectivity index (χ4n) is 2.57. The molecule has 148 valence electrons. The number of amides is 1. The van der Waals surface area contributed by atoms with Gasteiger partial charge in [0.2, 0.25) is 0 Å². The van der Waals surface area contributed by atoms with Gasteiger partial charge in [-0.15, -0.1) is 0 Å². The van der Waals surface area contributed by atoms with Gasteiger partial charge in [-0.2, -0.15) is 0 Å². The monoisotopic (exact) mass is 409 g/mol. The van der Waals surface area contributed by atoms with Gasteiger partial charge >= 0.3 is 5.97 Å². The molecule has 0 saturated carbocycles. The van der Waals surface area contributed by atoms with Crippen LogP contribution in [0.1, 0.15) is 22.8 Å². The fourth-order valence-corrected chi connectivity index (χ4v) is 2.70. The number of anilines is 1. The zero-order valence-corrected chi connectivity index (χ0v) is 16.6. The first-order chi connectivity index (χ1) is 14.0. The summed E-state index contributed by atoms with van der Waals surface area (Å²) in [6.07, 6.45) is 0.888. The van der Waals surface area contributed by atoms with Crippen molar-refractivity contribution in [3.8, 4) is 11.5 Å². The van der Waals surface area contributed by atoms with E-state index in [0.717, 1.165) is 12.0 Å². The summed E-state index contributed by atoms with van der Waals surface area (Å²) in [4.78, 5) is 24.3. The lowest BCUT2D eigenvalue weighted by Crippen LogP contribution is -2.18. The smallest absolute Gasteiger partial charge is 0.349 e. The van der Waals surface area contributed by atoms with Gasteiger partial charge in [0.1, 0.15) is 11.5 Å². The molecule has 3 aromatic carbocycles. The Balaban J connectivity index is 1.52. The van der Waals surface area contributed by atoms with Gasteiger partial charge in [-0.05, 0) is 72.6 Å². The fraction of sp³-hybridized carbons (Fsp3) is 0.130.